The van der Waals surface area contributed by atoms with Crippen molar-refractivity contribution in [3.8, 4) is 23.7 Å². The smallest absolute Gasteiger partial charge is 0.252 e. The SMILES string of the molecule is CC(C)(N)[C@@H](C(=O)NO)c1cc(C#CC#C[C@@H]2C[C@H]2CO)ccc1C(N)=O. The molecule has 27 heavy (non-hydrogen) atoms. The molecule has 1 aromatic carbocycles. The first-order valence-corrected chi connectivity index (χ1v) is 8.48. The fraction of sp³-hybridized carbons (Fsp3) is 0.400. The molecule has 142 valence electrons. The van der Waals surface area contributed by atoms with E-state index in [1.165, 1.54) is 6.07 Å². The van der Waals surface area contributed by atoms with E-state index in [2.05, 4.69) is 23.7 Å². The maximum atomic E-state index is 12.2. The van der Waals surface area contributed by atoms with Crippen molar-refractivity contribution in [1.29, 1.82) is 0 Å². The number of hydrogen-bond acceptors (Lipinski definition) is 5. The van der Waals surface area contributed by atoms with Gasteiger partial charge in [-0.25, -0.2) is 5.48 Å². The molecule has 1 aromatic rings. The topological polar surface area (TPSA) is 139 Å². The van der Waals surface area contributed by atoms with Gasteiger partial charge in [-0.3, -0.25) is 14.8 Å². The first kappa shape index (κ1) is 20.5. The van der Waals surface area contributed by atoms with Crippen LogP contribution in [-0.2, 0) is 4.79 Å². The van der Waals surface area contributed by atoms with E-state index in [1.54, 1.807) is 31.5 Å². The van der Waals surface area contributed by atoms with Crippen molar-refractivity contribution in [2.75, 3.05) is 6.61 Å². The number of nitrogens with one attached hydrogen (secondary N) is 1. The fourth-order valence-corrected chi connectivity index (χ4v) is 2.91. The number of rotatable bonds is 5. The molecule has 0 saturated heterocycles. The van der Waals surface area contributed by atoms with Crippen LogP contribution in [0.2, 0.25) is 0 Å². The zero-order chi connectivity index (χ0) is 20.2. The van der Waals surface area contributed by atoms with E-state index in [0.29, 0.717) is 5.56 Å². The Morgan fingerprint density at radius 1 is 1.37 bits per heavy atom. The highest BCUT2D eigenvalue weighted by atomic mass is 16.5. The molecule has 0 spiro atoms. The largest absolute Gasteiger partial charge is 0.396 e. The zero-order valence-corrected chi connectivity index (χ0v) is 15.2. The number of carbonyl (C=O) groups excluding carboxylic acids is 2. The molecule has 1 saturated carbocycles. The summed E-state index contributed by atoms with van der Waals surface area (Å²) < 4.78 is 0. The second kappa shape index (κ2) is 8.24. The predicted molar refractivity (Wildman–Crippen MR) is 99.2 cm³/mol. The summed E-state index contributed by atoms with van der Waals surface area (Å²) in [5, 5.41) is 18.1. The van der Waals surface area contributed by atoms with Crippen LogP contribution in [0.25, 0.3) is 0 Å². The average molecular weight is 369 g/mol. The van der Waals surface area contributed by atoms with Crippen LogP contribution < -0.4 is 16.9 Å². The molecule has 0 bridgehead atoms. The van der Waals surface area contributed by atoms with Gasteiger partial charge in [0.25, 0.3) is 5.91 Å². The lowest BCUT2D eigenvalue weighted by Crippen LogP contribution is -2.47. The summed E-state index contributed by atoms with van der Waals surface area (Å²) in [6, 6.07) is 4.63. The molecule has 1 fully saturated rings. The highest BCUT2D eigenvalue weighted by molar-refractivity contribution is 5.97. The second-order valence-electron chi connectivity index (χ2n) is 7.20. The van der Waals surface area contributed by atoms with Crippen LogP contribution in [0, 0.1) is 35.5 Å². The standard InChI is InChI=1S/C20H23N3O4/c1-20(2,22)17(19(26)23-27)16-9-12(7-8-15(16)18(21)25)5-3-4-6-13-10-14(13)11-24/h7-9,13-14,17,24,27H,10-11,22H2,1-2H3,(H2,21,25)(H,23,26)/t13-,14+,17-/m1/s1. The number of hydrogen-bond donors (Lipinski definition) is 5. The van der Waals surface area contributed by atoms with Crippen molar-refractivity contribution in [3.63, 3.8) is 0 Å². The van der Waals surface area contributed by atoms with Crippen LogP contribution in [-0.4, -0.2) is 34.3 Å². The van der Waals surface area contributed by atoms with Gasteiger partial charge in [-0.1, -0.05) is 11.8 Å². The van der Waals surface area contributed by atoms with Crippen LogP contribution in [0.1, 0.15) is 47.7 Å². The van der Waals surface area contributed by atoms with E-state index < -0.39 is 23.3 Å². The summed E-state index contributed by atoms with van der Waals surface area (Å²) in [4.78, 5) is 24.0. The van der Waals surface area contributed by atoms with Gasteiger partial charge < -0.3 is 16.6 Å². The van der Waals surface area contributed by atoms with Gasteiger partial charge in [-0.2, -0.15) is 0 Å². The third-order valence-corrected chi connectivity index (χ3v) is 4.43. The number of amides is 2. The molecule has 1 aliphatic carbocycles. The van der Waals surface area contributed by atoms with E-state index in [-0.39, 0.29) is 29.6 Å². The second-order valence-corrected chi connectivity index (χ2v) is 7.20. The van der Waals surface area contributed by atoms with Gasteiger partial charge in [-0.15, -0.1) is 0 Å². The first-order chi connectivity index (χ1) is 12.7. The van der Waals surface area contributed by atoms with Gasteiger partial charge in [-0.05, 0) is 61.8 Å². The molecule has 0 radical (unpaired) electrons. The number of primary amides is 1. The minimum atomic E-state index is -1.08. The predicted octanol–water partition coefficient (Wildman–Crippen LogP) is 0.0951. The van der Waals surface area contributed by atoms with Crippen molar-refractivity contribution in [1.82, 2.24) is 5.48 Å². The molecule has 0 aromatic heterocycles. The number of carbonyl (C=O) groups is 2. The summed E-state index contributed by atoms with van der Waals surface area (Å²) in [7, 11) is 0. The molecular weight excluding hydrogens is 346 g/mol. The van der Waals surface area contributed by atoms with Crippen LogP contribution >= 0.6 is 0 Å². The minimum absolute atomic E-state index is 0.127. The summed E-state index contributed by atoms with van der Waals surface area (Å²) in [6.07, 6.45) is 0.881. The van der Waals surface area contributed by atoms with Gasteiger partial charge in [0.2, 0.25) is 5.91 Å². The van der Waals surface area contributed by atoms with Crippen LogP contribution in [0.3, 0.4) is 0 Å². The Hall–Kier alpha value is -2.84. The van der Waals surface area contributed by atoms with Crippen molar-refractivity contribution >= 4 is 11.8 Å². The van der Waals surface area contributed by atoms with E-state index in [4.69, 9.17) is 21.8 Å². The molecule has 7 nitrogen and oxygen atoms in total. The Morgan fingerprint density at radius 2 is 2.07 bits per heavy atom. The Labute approximate surface area is 158 Å². The third kappa shape index (κ3) is 5.08. The van der Waals surface area contributed by atoms with Crippen LogP contribution in [0.4, 0.5) is 0 Å². The molecule has 2 rings (SSSR count). The molecule has 0 heterocycles. The highest BCUT2D eigenvalue weighted by Gasteiger charge is 2.36. The number of nitrogens with two attached hydrogens (primary N) is 2. The lowest BCUT2D eigenvalue weighted by Gasteiger charge is -2.30. The van der Waals surface area contributed by atoms with E-state index in [9.17, 15) is 9.59 Å². The quantitative estimate of drug-likeness (QED) is 0.284. The Morgan fingerprint density at radius 3 is 2.59 bits per heavy atom. The molecule has 3 atom stereocenters. The van der Waals surface area contributed by atoms with Crippen molar-refractivity contribution < 1.29 is 19.9 Å². The van der Waals surface area contributed by atoms with Crippen LogP contribution in [0.5, 0.6) is 0 Å². The third-order valence-electron chi connectivity index (χ3n) is 4.43. The molecule has 7 heteroatoms. The fourth-order valence-electron chi connectivity index (χ4n) is 2.91. The zero-order valence-electron chi connectivity index (χ0n) is 15.2. The molecule has 0 unspecified atom stereocenters. The lowest BCUT2D eigenvalue weighted by atomic mass is 9.79. The van der Waals surface area contributed by atoms with Gasteiger partial charge in [0, 0.05) is 29.2 Å². The molecule has 0 aliphatic heterocycles. The van der Waals surface area contributed by atoms with E-state index in [0.717, 1.165) is 6.42 Å². The monoisotopic (exact) mass is 369 g/mol. The maximum absolute atomic E-state index is 12.2. The number of aliphatic hydroxyl groups is 1. The number of aliphatic hydroxyl groups excluding tert-OH is 1. The summed E-state index contributed by atoms with van der Waals surface area (Å²) >= 11 is 0. The highest BCUT2D eigenvalue weighted by Crippen LogP contribution is 2.36. The van der Waals surface area contributed by atoms with Gasteiger partial charge >= 0.3 is 0 Å². The van der Waals surface area contributed by atoms with Gasteiger partial charge in [0.15, 0.2) is 0 Å². The number of benzene rings is 1. The minimum Gasteiger partial charge on any atom is -0.396 e. The lowest BCUT2D eigenvalue weighted by molar-refractivity contribution is -0.132. The van der Waals surface area contributed by atoms with Gasteiger partial charge in [0.1, 0.15) is 0 Å². The summed E-state index contributed by atoms with van der Waals surface area (Å²) in [5.74, 6) is 9.25. The van der Waals surface area contributed by atoms with Gasteiger partial charge in [0.05, 0.1) is 5.92 Å². The molecule has 7 N–H and O–H groups in total. The van der Waals surface area contributed by atoms with Crippen molar-refractivity contribution in [2.24, 2.45) is 23.3 Å². The Balaban J connectivity index is 2.39. The Bertz CT molecular complexity index is 865. The van der Waals surface area contributed by atoms with E-state index in [1.807, 2.05) is 0 Å². The summed E-state index contributed by atoms with van der Waals surface area (Å²) in [5.41, 5.74) is 13.0. The average Bonchev–Trinajstić information content (AvgIpc) is 3.36. The molecule has 2 amide bonds. The van der Waals surface area contributed by atoms with Crippen LogP contribution in [0.15, 0.2) is 18.2 Å². The number of hydroxylamine groups is 1. The van der Waals surface area contributed by atoms with Crippen molar-refractivity contribution in [2.45, 2.75) is 31.7 Å². The summed E-state index contributed by atoms with van der Waals surface area (Å²) in [6.45, 7) is 3.34. The first-order valence-electron chi connectivity index (χ1n) is 8.48. The molecule has 1 aliphatic rings. The van der Waals surface area contributed by atoms with E-state index >= 15 is 0 Å². The molecular formula is C20H23N3O4. The Kier molecular flexibility index (Phi) is 6.24. The van der Waals surface area contributed by atoms with Crippen molar-refractivity contribution in [3.05, 3.63) is 34.9 Å². The maximum Gasteiger partial charge on any atom is 0.252 e. The normalized spacial score (nSPS) is 19.0.